The van der Waals surface area contributed by atoms with Crippen molar-refractivity contribution >= 4 is 10.9 Å². The molecule has 0 saturated heterocycles. The van der Waals surface area contributed by atoms with Crippen LogP contribution in [0.5, 0.6) is 0 Å². The van der Waals surface area contributed by atoms with Crippen molar-refractivity contribution < 1.29 is 17.6 Å². The number of alkyl halides is 3. The third kappa shape index (κ3) is 1.68. The lowest BCUT2D eigenvalue weighted by Crippen LogP contribution is -2.09. The van der Waals surface area contributed by atoms with E-state index >= 15 is 0 Å². The van der Waals surface area contributed by atoms with Gasteiger partial charge in [-0.25, -0.2) is 4.39 Å². The third-order valence-electron chi connectivity index (χ3n) is 2.11. The smallest absolute Gasteiger partial charge is 0.207 e. The Bertz CT molecular complexity index is 550. The van der Waals surface area contributed by atoms with Crippen LogP contribution in [0.15, 0.2) is 12.1 Å². The minimum atomic E-state index is -4.66. The fraction of sp³-hybridized carbons (Fsp3) is 0.222. The molecule has 0 N–H and O–H groups in total. The van der Waals surface area contributed by atoms with Gasteiger partial charge < -0.3 is 0 Å². The number of fused-ring (bicyclic) bond motifs is 1. The van der Waals surface area contributed by atoms with Crippen LogP contribution >= 0.6 is 0 Å². The zero-order valence-corrected chi connectivity index (χ0v) is 8.01. The minimum Gasteiger partial charge on any atom is -0.207 e. The Labute approximate surface area is 87.1 Å². The minimum absolute atomic E-state index is 0.0160. The summed E-state index contributed by atoms with van der Waals surface area (Å²) in [5.41, 5.74) is -1.32. The molecule has 1 aromatic carbocycles. The maximum atomic E-state index is 13.0. The number of benzene rings is 1. The second-order valence-electron chi connectivity index (χ2n) is 3.22. The van der Waals surface area contributed by atoms with Gasteiger partial charge in [-0.3, -0.25) is 0 Å². The van der Waals surface area contributed by atoms with Gasteiger partial charge in [0, 0.05) is 5.39 Å². The lowest BCUT2D eigenvalue weighted by atomic mass is 10.1. The van der Waals surface area contributed by atoms with E-state index in [9.17, 15) is 17.6 Å². The molecule has 0 unspecified atom stereocenters. The van der Waals surface area contributed by atoms with E-state index in [-0.39, 0.29) is 16.6 Å². The summed E-state index contributed by atoms with van der Waals surface area (Å²) in [4.78, 5) is 0. The summed E-state index contributed by atoms with van der Waals surface area (Å²) in [6, 6.07) is 1.36. The monoisotopic (exact) mass is 231 g/mol. The van der Waals surface area contributed by atoms with Gasteiger partial charge in [0.15, 0.2) is 0 Å². The Morgan fingerprint density at radius 2 is 1.81 bits per heavy atom. The summed E-state index contributed by atoms with van der Waals surface area (Å²) in [6.07, 6.45) is -4.66. The van der Waals surface area contributed by atoms with Gasteiger partial charge in [-0.2, -0.15) is 13.2 Å². The van der Waals surface area contributed by atoms with Crippen molar-refractivity contribution in [1.29, 1.82) is 0 Å². The molecule has 0 saturated carbocycles. The maximum Gasteiger partial charge on any atom is 0.418 e. The van der Waals surface area contributed by atoms with E-state index in [0.29, 0.717) is 6.07 Å². The van der Waals surface area contributed by atoms with Crippen LogP contribution in [-0.2, 0) is 6.18 Å². The molecular weight excluding hydrogens is 226 g/mol. The highest BCUT2D eigenvalue weighted by Gasteiger charge is 2.34. The molecule has 0 radical (unpaired) electrons. The molecule has 0 aliphatic carbocycles. The second-order valence-corrected chi connectivity index (χ2v) is 3.22. The number of nitrogens with zero attached hydrogens (tertiary/aromatic N) is 3. The molecule has 84 valence electrons. The highest BCUT2D eigenvalue weighted by atomic mass is 19.4. The molecule has 0 fully saturated rings. The van der Waals surface area contributed by atoms with Crippen LogP contribution in [0.1, 0.15) is 11.3 Å². The van der Waals surface area contributed by atoms with Gasteiger partial charge in [-0.05, 0) is 24.3 Å². The quantitative estimate of drug-likeness (QED) is 0.654. The Morgan fingerprint density at radius 1 is 1.12 bits per heavy atom. The molecular formula is C9H5F4N3. The normalized spacial score (nSPS) is 12.1. The first-order valence-corrected chi connectivity index (χ1v) is 4.26. The van der Waals surface area contributed by atoms with Crippen LogP contribution in [0.4, 0.5) is 17.6 Å². The summed E-state index contributed by atoms with van der Waals surface area (Å²) >= 11 is 0. The molecule has 3 nitrogen and oxygen atoms in total. The largest absolute Gasteiger partial charge is 0.418 e. The summed E-state index contributed by atoms with van der Waals surface area (Å²) < 4.78 is 50.8. The van der Waals surface area contributed by atoms with Crippen LogP contribution in [-0.4, -0.2) is 15.4 Å². The van der Waals surface area contributed by atoms with Crippen LogP contribution in [0.25, 0.3) is 10.9 Å². The van der Waals surface area contributed by atoms with Gasteiger partial charge in [-0.1, -0.05) is 0 Å². The molecule has 1 aromatic heterocycles. The van der Waals surface area contributed by atoms with Crippen molar-refractivity contribution in [3.05, 3.63) is 29.2 Å². The molecule has 2 aromatic rings. The van der Waals surface area contributed by atoms with Crippen molar-refractivity contribution in [2.24, 2.45) is 0 Å². The average molecular weight is 231 g/mol. The predicted octanol–water partition coefficient (Wildman–Crippen LogP) is 2.49. The number of hydrogen-bond donors (Lipinski definition) is 0. The summed E-state index contributed by atoms with van der Waals surface area (Å²) in [6.45, 7) is 1.44. The lowest BCUT2D eigenvalue weighted by Gasteiger charge is -2.09. The highest BCUT2D eigenvalue weighted by molar-refractivity contribution is 5.83. The number of aromatic nitrogens is 3. The predicted molar refractivity (Wildman–Crippen MR) is 47.0 cm³/mol. The van der Waals surface area contributed by atoms with Crippen LogP contribution in [0.3, 0.4) is 0 Å². The van der Waals surface area contributed by atoms with E-state index in [0.717, 1.165) is 6.07 Å². The van der Waals surface area contributed by atoms with Crippen molar-refractivity contribution in [1.82, 2.24) is 15.4 Å². The van der Waals surface area contributed by atoms with Crippen LogP contribution in [0.2, 0.25) is 0 Å². The van der Waals surface area contributed by atoms with E-state index in [1.807, 2.05) is 0 Å². The Kier molecular flexibility index (Phi) is 2.25. The molecule has 7 heteroatoms. The number of halogens is 4. The summed E-state index contributed by atoms with van der Waals surface area (Å²) in [5.74, 6) is -0.974. The third-order valence-corrected chi connectivity index (χ3v) is 2.11. The fourth-order valence-electron chi connectivity index (χ4n) is 1.39. The van der Waals surface area contributed by atoms with Gasteiger partial charge in [0.05, 0.1) is 11.3 Å². The van der Waals surface area contributed by atoms with E-state index in [1.54, 1.807) is 0 Å². The van der Waals surface area contributed by atoms with Crippen molar-refractivity contribution in [2.45, 2.75) is 13.1 Å². The average Bonchev–Trinajstić information content (AvgIpc) is 2.17. The lowest BCUT2D eigenvalue weighted by molar-refractivity contribution is -0.136. The van der Waals surface area contributed by atoms with Crippen LogP contribution < -0.4 is 0 Å². The number of aryl methyl sites for hydroxylation is 1. The molecule has 0 amide bonds. The first-order chi connectivity index (χ1) is 7.39. The SMILES string of the molecule is Cc1nnnc2c(C(F)(F)F)cc(F)cc12. The molecule has 16 heavy (non-hydrogen) atoms. The van der Waals surface area contributed by atoms with Crippen molar-refractivity contribution in [2.75, 3.05) is 0 Å². The van der Waals surface area contributed by atoms with Crippen molar-refractivity contribution in [3.63, 3.8) is 0 Å². The Hall–Kier alpha value is -1.79. The van der Waals surface area contributed by atoms with E-state index in [1.165, 1.54) is 6.92 Å². The molecule has 1 heterocycles. The molecule has 0 bridgehead atoms. The van der Waals surface area contributed by atoms with Gasteiger partial charge in [0.25, 0.3) is 0 Å². The number of hydrogen-bond acceptors (Lipinski definition) is 3. The first-order valence-electron chi connectivity index (χ1n) is 4.26. The maximum absolute atomic E-state index is 13.0. The summed E-state index contributed by atoms with van der Waals surface area (Å²) in [7, 11) is 0. The summed E-state index contributed by atoms with van der Waals surface area (Å²) in [5, 5.41) is 9.99. The van der Waals surface area contributed by atoms with Gasteiger partial charge in [0.2, 0.25) is 0 Å². The zero-order valence-electron chi connectivity index (χ0n) is 8.01. The van der Waals surface area contributed by atoms with E-state index in [2.05, 4.69) is 15.4 Å². The van der Waals surface area contributed by atoms with Gasteiger partial charge in [-0.15, -0.1) is 10.2 Å². The van der Waals surface area contributed by atoms with Crippen molar-refractivity contribution in [3.8, 4) is 0 Å². The Morgan fingerprint density at radius 3 is 2.44 bits per heavy atom. The molecule has 0 aliphatic heterocycles. The van der Waals surface area contributed by atoms with Crippen LogP contribution in [0, 0.1) is 12.7 Å². The van der Waals surface area contributed by atoms with E-state index in [4.69, 9.17) is 0 Å². The highest BCUT2D eigenvalue weighted by Crippen LogP contribution is 2.34. The molecule has 0 aliphatic rings. The molecule has 2 rings (SSSR count). The number of rotatable bonds is 0. The van der Waals surface area contributed by atoms with E-state index < -0.39 is 17.6 Å². The van der Waals surface area contributed by atoms with Gasteiger partial charge in [0.1, 0.15) is 11.3 Å². The molecule has 0 atom stereocenters. The van der Waals surface area contributed by atoms with Gasteiger partial charge >= 0.3 is 6.18 Å². The standard InChI is InChI=1S/C9H5F4N3/c1-4-6-2-5(10)3-7(9(11,12)13)8(6)15-16-14-4/h2-3H,1H3. The zero-order chi connectivity index (χ0) is 11.9. The molecule has 0 spiro atoms. The topological polar surface area (TPSA) is 38.7 Å². The first kappa shape index (κ1) is 10.7. The second kappa shape index (κ2) is 3.36. The fourth-order valence-corrected chi connectivity index (χ4v) is 1.39. The Balaban J connectivity index is 2.89.